The number of aryl methyl sites for hydroxylation is 1. The minimum atomic E-state index is -0.260. The van der Waals surface area contributed by atoms with Gasteiger partial charge in [-0.25, -0.2) is 0 Å². The van der Waals surface area contributed by atoms with Gasteiger partial charge >= 0.3 is 0 Å². The first-order valence-corrected chi connectivity index (χ1v) is 11.1. The van der Waals surface area contributed by atoms with Crippen LogP contribution in [-0.4, -0.2) is 52.6 Å². The Balaban J connectivity index is 1.33. The van der Waals surface area contributed by atoms with Crippen LogP contribution >= 0.6 is 11.3 Å². The van der Waals surface area contributed by atoms with Crippen LogP contribution in [0.25, 0.3) is 0 Å². The van der Waals surface area contributed by atoms with Crippen LogP contribution in [0.15, 0.2) is 30.3 Å². The summed E-state index contributed by atoms with van der Waals surface area (Å²) in [6.45, 7) is 5.01. The topological polar surface area (TPSA) is 87.2 Å². The van der Waals surface area contributed by atoms with Gasteiger partial charge in [-0.1, -0.05) is 36.0 Å². The van der Waals surface area contributed by atoms with E-state index in [0.29, 0.717) is 36.9 Å². The Hall–Kier alpha value is -2.32. The molecule has 0 saturated carbocycles. The van der Waals surface area contributed by atoms with Gasteiger partial charge < -0.3 is 10.6 Å². The summed E-state index contributed by atoms with van der Waals surface area (Å²) in [7, 11) is 0. The second-order valence-corrected chi connectivity index (χ2v) is 8.47. The molecule has 1 fully saturated rings. The Bertz CT molecular complexity index is 795. The van der Waals surface area contributed by atoms with Crippen LogP contribution in [0.2, 0.25) is 0 Å². The van der Waals surface area contributed by atoms with E-state index in [0.717, 1.165) is 23.8 Å². The summed E-state index contributed by atoms with van der Waals surface area (Å²) in [4.78, 5) is 26.7. The van der Waals surface area contributed by atoms with Crippen LogP contribution in [-0.2, 0) is 11.2 Å². The molecule has 1 atom stereocenters. The zero-order valence-corrected chi connectivity index (χ0v) is 17.7. The molecule has 0 spiro atoms. The van der Waals surface area contributed by atoms with Crippen molar-refractivity contribution < 1.29 is 9.59 Å². The van der Waals surface area contributed by atoms with Gasteiger partial charge in [0.25, 0.3) is 5.91 Å². The number of nitrogens with one attached hydrogen (secondary N) is 2. The van der Waals surface area contributed by atoms with Gasteiger partial charge in [-0.05, 0) is 44.9 Å². The molecular formula is C21H29N5O2S. The lowest BCUT2D eigenvalue weighted by atomic mass is 10.0. The van der Waals surface area contributed by atoms with Crippen molar-refractivity contribution >= 4 is 28.8 Å². The number of likely N-dealkylation sites (tertiary alicyclic amines) is 1. The maximum atomic E-state index is 12.2. The van der Waals surface area contributed by atoms with Gasteiger partial charge in [-0.15, -0.1) is 10.2 Å². The highest BCUT2D eigenvalue weighted by Gasteiger charge is 2.17. The first-order valence-electron chi connectivity index (χ1n) is 10.3. The van der Waals surface area contributed by atoms with Crippen molar-refractivity contribution in [2.75, 3.05) is 25.0 Å². The molecule has 0 radical (unpaired) electrons. The van der Waals surface area contributed by atoms with E-state index >= 15 is 0 Å². The highest BCUT2D eigenvalue weighted by atomic mass is 32.1. The van der Waals surface area contributed by atoms with Crippen LogP contribution in [0.4, 0.5) is 5.69 Å². The molecule has 0 bridgehead atoms. The molecule has 1 aliphatic rings. The largest absolute Gasteiger partial charge is 0.355 e. The molecular weight excluding hydrogens is 386 g/mol. The smallest absolute Gasteiger partial charge is 0.286 e. The number of anilines is 1. The van der Waals surface area contributed by atoms with Gasteiger partial charge in [0.2, 0.25) is 10.9 Å². The Morgan fingerprint density at radius 1 is 1.21 bits per heavy atom. The number of hydrogen-bond acceptors (Lipinski definition) is 6. The Kier molecular flexibility index (Phi) is 8.13. The Morgan fingerprint density at radius 3 is 2.83 bits per heavy atom. The number of nitrogens with zero attached hydrogens (tertiary/aromatic N) is 3. The van der Waals surface area contributed by atoms with E-state index in [-0.39, 0.29) is 11.8 Å². The lowest BCUT2D eigenvalue weighted by Crippen LogP contribution is -2.42. The average molecular weight is 416 g/mol. The van der Waals surface area contributed by atoms with Crippen molar-refractivity contribution in [2.24, 2.45) is 0 Å². The summed E-state index contributed by atoms with van der Waals surface area (Å²) in [6.07, 6.45) is 5.62. The van der Waals surface area contributed by atoms with Gasteiger partial charge in [0, 0.05) is 37.7 Å². The zero-order valence-electron chi connectivity index (χ0n) is 16.9. The van der Waals surface area contributed by atoms with E-state index in [2.05, 4.69) is 32.7 Å². The zero-order chi connectivity index (χ0) is 20.5. The van der Waals surface area contributed by atoms with E-state index in [1.807, 2.05) is 30.3 Å². The average Bonchev–Trinajstić information content (AvgIpc) is 3.19. The molecule has 0 unspecified atom stereocenters. The molecule has 3 rings (SSSR count). The fourth-order valence-electron chi connectivity index (χ4n) is 3.47. The second-order valence-electron chi connectivity index (χ2n) is 7.41. The van der Waals surface area contributed by atoms with Gasteiger partial charge in [-0.3, -0.25) is 14.5 Å². The first-order chi connectivity index (χ1) is 14.1. The van der Waals surface area contributed by atoms with Gasteiger partial charge in [0.1, 0.15) is 5.01 Å². The molecule has 2 N–H and O–H groups in total. The minimum absolute atomic E-state index is 0.0706. The number of amides is 2. The first kappa shape index (κ1) is 21.4. The fraction of sp³-hybridized carbons (Fsp3) is 0.524. The third-order valence-corrected chi connectivity index (χ3v) is 6.13. The molecule has 0 aliphatic carbocycles. The van der Waals surface area contributed by atoms with E-state index in [1.54, 1.807) is 0 Å². The number of rotatable bonds is 9. The lowest BCUT2D eigenvalue weighted by Gasteiger charge is -2.33. The van der Waals surface area contributed by atoms with Gasteiger partial charge in [0.15, 0.2) is 0 Å². The van der Waals surface area contributed by atoms with Crippen LogP contribution in [0, 0.1) is 0 Å². The molecule has 2 heterocycles. The number of piperidine rings is 1. The number of aromatic nitrogens is 2. The van der Waals surface area contributed by atoms with Crippen molar-refractivity contribution in [1.29, 1.82) is 0 Å². The quantitative estimate of drug-likeness (QED) is 0.657. The van der Waals surface area contributed by atoms with Crippen LogP contribution in [0.1, 0.15) is 53.8 Å². The summed E-state index contributed by atoms with van der Waals surface area (Å²) in [5.41, 5.74) is 0.727. The van der Waals surface area contributed by atoms with E-state index in [4.69, 9.17) is 0 Å². The van der Waals surface area contributed by atoms with Crippen LogP contribution in [0.5, 0.6) is 0 Å². The third-order valence-electron chi connectivity index (χ3n) is 5.15. The Morgan fingerprint density at radius 2 is 2.03 bits per heavy atom. The maximum absolute atomic E-state index is 12.2. The summed E-state index contributed by atoms with van der Waals surface area (Å²) in [5.74, 6) is -0.189. The SMILES string of the molecule is C[C@H]1CCCCN1CCNC(=O)CCCc1nnc(C(=O)Nc2ccccc2)s1. The monoisotopic (exact) mass is 415 g/mol. The van der Waals surface area contributed by atoms with Crippen LogP contribution in [0.3, 0.4) is 0 Å². The number of carbonyl (C=O) groups is 2. The highest BCUT2D eigenvalue weighted by molar-refractivity contribution is 7.13. The molecule has 1 aromatic carbocycles. The molecule has 1 aromatic heterocycles. The van der Waals surface area contributed by atoms with Crippen molar-refractivity contribution in [3.63, 3.8) is 0 Å². The molecule has 1 aliphatic heterocycles. The third kappa shape index (κ3) is 6.90. The molecule has 2 aromatic rings. The number of para-hydroxylation sites is 1. The summed E-state index contributed by atoms with van der Waals surface area (Å²) < 4.78 is 0. The normalized spacial score (nSPS) is 17.1. The van der Waals surface area contributed by atoms with Crippen molar-refractivity contribution in [3.8, 4) is 0 Å². The second kappa shape index (κ2) is 11.0. The predicted molar refractivity (Wildman–Crippen MR) is 115 cm³/mol. The van der Waals surface area contributed by atoms with Gasteiger partial charge in [0.05, 0.1) is 0 Å². The molecule has 8 heteroatoms. The van der Waals surface area contributed by atoms with Crippen LogP contribution < -0.4 is 10.6 Å². The molecule has 7 nitrogen and oxygen atoms in total. The number of hydrogen-bond donors (Lipinski definition) is 2. The fourth-order valence-corrected chi connectivity index (χ4v) is 4.25. The standard InChI is InChI=1S/C21H29N5O2S/c1-16-8-5-6-14-26(16)15-13-22-18(27)11-7-12-19-24-25-21(29-19)20(28)23-17-9-3-2-4-10-17/h2-4,9-10,16H,5-8,11-15H2,1H3,(H,22,27)(H,23,28)/t16-/m0/s1. The maximum Gasteiger partial charge on any atom is 0.286 e. The van der Waals surface area contributed by atoms with Crippen molar-refractivity contribution in [1.82, 2.24) is 20.4 Å². The highest BCUT2D eigenvalue weighted by Crippen LogP contribution is 2.16. The van der Waals surface area contributed by atoms with Crippen molar-refractivity contribution in [2.45, 2.75) is 51.5 Å². The van der Waals surface area contributed by atoms with Crippen molar-refractivity contribution in [3.05, 3.63) is 40.3 Å². The molecule has 2 amide bonds. The number of benzene rings is 1. The Labute approximate surface area is 175 Å². The number of carbonyl (C=O) groups excluding carboxylic acids is 2. The lowest BCUT2D eigenvalue weighted by molar-refractivity contribution is -0.121. The summed E-state index contributed by atoms with van der Waals surface area (Å²) >= 11 is 1.28. The van der Waals surface area contributed by atoms with Gasteiger partial charge in [-0.2, -0.15) is 0 Å². The van der Waals surface area contributed by atoms with E-state index in [1.165, 1.54) is 30.6 Å². The molecule has 29 heavy (non-hydrogen) atoms. The summed E-state index contributed by atoms with van der Waals surface area (Å²) in [6, 6.07) is 9.88. The predicted octanol–water partition coefficient (Wildman–Crippen LogP) is 3.10. The summed E-state index contributed by atoms with van der Waals surface area (Å²) in [5, 5.41) is 15.0. The minimum Gasteiger partial charge on any atom is -0.355 e. The molecule has 1 saturated heterocycles. The molecule has 156 valence electrons. The van der Waals surface area contributed by atoms with E-state index in [9.17, 15) is 9.59 Å². The van der Waals surface area contributed by atoms with E-state index < -0.39 is 0 Å².